The third-order valence-electron chi connectivity index (χ3n) is 6.39. The zero-order valence-corrected chi connectivity index (χ0v) is 20.3. The number of rotatable bonds is 8. The van der Waals surface area contributed by atoms with E-state index in [4.69, 9.17) is 16.2 Å². The molecule has 0 aliphatic heterocycles. The molecule has 1 aliphatic carbocycles. The highest BCUT2D eigenvalue weighted by atomic mass is 16.5. The highest BCUT2D eigenvalue weighted by Crippen LogP contribution is 2.44. The highest BCUT2D eigenvalue weighted by Gasteiger charge is 2.30. The minimum Gasteiger partial charge on any atom is -0.448 e. The second-order valence-electron chi connectivity index (χ2n) is 9.44. The van der Waals surface area contributed by atoms with E-state index in [1.54, 1.807) is 24.3 Å². The van der Waals surface area contributed by atoms with Crippen molar-refractivity contribution in [3.8, 4) is 11.1 Å². The number of benzene rings is 3. The zero-order valence-electron chi connectivity index (χ0n) is 20.3. The molecule has 8 heteroatoms. The van der Waals surface area contributed by atoms with Crippen molar-refractivity contribution in [2.24, 2.45) is 11.5 Å². The Hall–Kier alpha value is -4.17. The molecule has 0 heterocycles. The van der Waals surface area contributed by atoms with E-state index in [0.717, 1.165) is 16.7 Å². The first-order chi connectivity index (χ1) is 17.2. The zero-order chi connectivity index (χ0) is 25.9. The topological polar surface area (TPSA) is 137 Å². The van der Waals surface area contributed by atoms with Crippen molar-refractivity contribution in [2.75, 3.05) is 11.9 Å². The molecule has 4 rings (SSSR count). The van der Waals surface area contributed by atoms with Crippen molar-refractivity contribution in [2.45, 2.75) is 37.8 Å². The Kier molecular flexibility index (Phi) is 7.07. The smallest absolute Gasteiger partial charge is 0.411 e. The standard InChI is InChI=1S/C28H30N4O4/c1-28(2,26(30)34)32-25(33)24(29)15-17-11-13-18(14-12-17)31-27(35)36-16-23-21-9-5-3-7-19(21)20-8-4-6-10-22(20)23/h3-14,23-24H,15-16,29H2,1-2H3,(H2,30,34)(H,31,35)(H,32,33)/t24-/m0/s1. The molecule has 0 fully saturated rings. The summed E-state index contributed by atoms with van der Waals surface area (Å²) in [6, 6.07) is 22.4. The number of nitrogens with two attached hydrogens (primary N) is 2. The average Bonchev–Trinajstić information content (AvgIpc) is 3.17. The van der Waals surface area contributed by atoms with E-state index in [1.165, 1.54) is 25.0 Å². The van der Waals surface area contributed by atoms with Crippen LogP contribution in [0.1, 0.15) is 36.5 Å². The summed E-state index contributed by atoms with van der Waals surface area (Å²) in [5.41, 5.74) is 16.1. The number of ether oxygens (including phenoxy) is 1. The largest absolute Gasteiger partial charge is 0.448 e. The third kappa shape index (κ3) is 5.39. The SMILES string of the molecule is CC(C)(NC(=O)[C@@H](N)Cc1ccc(NC(=O)OCC2c3ccccc3-c3ccccc32)cc1)C(N)=O. The number of carbonyl (C=O) groups is 3. The van der Waals surface area contributed by atoms with E-state index in [-0.39, 0.29) is 18.9 Å². The Balaban J connectivity index is 1.31. The molecule has 8 nitrogen and oxygen atoms in total. The number of hydrogen-bond donors (Lipinski definition) is 4. The molecule has 1 aliphatic rings. The van der Waals surface area contributed by atoms with Crippen LogP contribution in [-0.2, 0) is 20.7 Å². The molecular weight excluding hydrogens is 456 g/mol. The van der Waals surface area contributed by atoms with Gasteiger partial charge in [-0.05, 0) is 60.2 Å². The van der Waals surface area contributed by atoms with Gasteiger partial charge in [0.25, 0.3) is 0 Å². The van der Waals surface area contributed by atoms with E-state index in [1.807, 2.05) is 24.3 Å². The minimum atomic E-state index is -1.19. The number of anilines is 1. The number of primary amides is 1. The van der Waals surface area contributed by atoms with Gasteiger partial charge in [0.1, 0.15) is 12.1 Å². The maximum atomic E-state index is 12.5. The Morgan fingerprint density at radius 2 is 1.47 bits per heavy atom. The Morgan fingerprint density at radius 1 is 0.917 bits per heavy atom. The number of hydrogen-bond acceptors (Lipinski definition) is 5. The number of carbonyl (C=O) groups excluding carboxylic acids is 3. The molecule has 36 heavy (non-hydrogen) atoms. The van der Waals surface area contributed by atoms with Crippen molar-refractivity contribution in [3.63, 3.8) is 0 Å². The quantitative estimate of drug-likeness (QED) is 0.387. The average molecular weight is 487 g/mol. The van der Waals surface area contributed by atoms with Gasteiger partial charge in [0.2, 0.25) is 11.8 Å². The van der Waals surface area contributed by atoms with Gasteiger partial charge in [-0.25, -0.2) is 4.79 Å². The molecule has 3 aromatic rings. The molecule has 0 unspecified atom stereocenters. The van der Waals surface area contributed by atoms with Crippen molar-refractivity contribution in [3.05, 3.63) is 89.5 Å². The van der Waals surface area contributed by atoms with Gasteiger partial charge in [-0.3, -0.25) is 14.9 Å². The van der Waals surface area contributed by atoms with Gasteiger partial charge in [-0.2, -0.15) is 0 Å². The van der Waals surface area contributed by atoms with Crippen LogP contribution in [0, 0.1) is 0 Å². The molecule has 6 N–H and O–H groups in total. The summed E-state index contributed by atoms with van der Waals surface area (Å²) < 4.78 is 5.57. The van der Waals surface area contributed by atoms with Gasteiger partial charge < -0.3 is 21.5 Å². The monoisotopic (exact) mass is 486 g/mol. The first-order valence-electron chi connectivity index (χ1n) is 11.7. The van der Waals surface area contributed by atoms with Crippen LogP contribution in [0.15, 0.2) is 72.8 Å². The van der Waals surface area contributed by atoms with Crippen LogP contribution in [0.4, 0.5) is 10.5 Å². The Morgan fingerprint density at radius 3 is 2.03 bits per heavy atom. The van der Waals surface area contributed by atoms with Crippen LogP contribution < -0.4 is 22.1 Å². The summed E-state index contributed by atoms with van der Waals surface area (Å²) in [5, 5.41) is 5.29. The van der Waals surface area contributed by atoms with Gasteiger partial charge in [0.15, 0.2) is 0 Å². The van der Waals surface area contributed by atoms with Gasteiger partial charge in [0.05, 0.1) is 6.04 Å². The summed E-state index contributed by atoms with van der Waals surface area (Å²) in [6.45, 7) is 3.26. The van der Waals surface area contributed by atoms with Crippen molar-refractivity contribution >= 4 is 23.6 Å². The molecule has 186 valence electrons. The molecule has 0 spiro atoms. The lowest BCUT2D eigenvalue weighted by Crippen LogP contribution is -2.57. The van der Waals surface area contributed by atoms with Crippen LogP contribution in [0.3, 0.4) is 0 Å². The van der Waals surface area contributed by atoms with Gasteiger partial charge in [-0.1, -0.05) is 60.7 Å². The number of nitrogens with one attached hydrogen (secondary N) is 2. The summed E-state index contributed by atoms with van der Waals surface area (Å²) in [7, 11) is 0. The van der Waals surface area contributed by atoms with E-state index in [2.05, 4.69) is 34.9 Å². The predicted octanol–water partition coefficient (Wildman–Crippen LogP) is 3.30. The van der Waals surface area contributed by atoms with Gasteiger partial charge in [0, 0.05) is 11.6 Å². The highest BCUT2D eigenvalue weighted by molar-refractivity contribution is 5.91. The van der Waals surface area contributed by atoms with Crippen molar-refractivity contribution in [1.82, 2.24) is 5.32 Å². The first kappa shape index (κ1) is 24.9. The van der Waals surface area contributed by atoms with E-state index in [0.29, 0.717) is 5.69 Å². The fourth-order valence-electron chi connectivity index (χ4n) is 4.29. The van der Waals surface area contributed by atoms with E-state index < -0.39 is 29.5 Å². The maximum Gasteiger partial charge on any atom is 0.411 e. The van der Waals surface area contributed by atoms with Crippen molar-refractivity contribution < 1.29 is 19.1 Å². The molecule has 0 saturated carbocycles. The van der Waals surface area contributed by atoms with Crippen LogP contribution in [0.2, 0.25) is 0 Å². The van der Waals surface area contributed by atoms with Crippen LogP contribution in [0.25, 0.3) is 11.1 Å². The maximum absolute atomic E-state index is 12.5. The van der Waals surface area contributed by atoms with E-state index in [9.17, 15) is 14.4 Å². The van der Waals surface area contributed by atoms with Gasteiger partial charge >= 0.3 is 6.09 Å². The molecule has 0 bridgehead atoms. The van der Waals surface area contributed by atoms with E-state index >= 15 is 0 Å². The lowest BCUT2D eigenvalue weighted by molar-refractivity contribution is -0.131. The first-order valence-corrected chi connectivity index (χ1v) is 11.7. The molecule has 0 aromatic heterocycles. The fraction of sp³-hybridized carbons (Fsp3) is 0.250. The Labute approximate surface area is 210 Å². The Bertz CT molecular complexity index is 1240. The summed E-state index contributed by atoms with van der Waals surface area (Å²) in [5.74, 6) is -1.14. The molecule has 3 aromatic carbocycles. The van der Waals surface area contributed by atoms with Crippen LogP contribution in [-0.4, -0.2) is 36.1 Å². The molecular formula is C28H30N4O4. The van der Waals surface area contributed by atoms with Crippen molar-refractivity contribution in [1.29, 1.82) is 0 Å². The number of fused-ring (bicyclic) bond motifs is 3. The predicted molar refractivity (Wildman–Crippen MR) is 138 cm³/mol. The normalized spacial score (nSPS) is 13.3. The third-order valence-corrected chi connectivity index (χ3v) is 6.39. The van der Waals surface area contributed by atoms with Crippen LogP contribution in [0.5, 0.6) is 0 Å². The second-order valence-corrected chi connectivity index (χ2v) is 9.44. The number of amides is 3. The van der Waals surface area contributed by atoms with Crippen LogP contribution >= 0.6 is 0 Å². The molecule has 3 amide bonds. The lowest BCUT2D eigenvalue weighted by Gasteiger charge is -2.24. The molecule has 0 radical (unpaired) electrons. The molecule has 0 saturated heterocycles. The fourth-order valence-corrected chi connectivity index (χ4v) is 4.29. The second kappa shape index (κ2) is 10.2. The summed E-state index contributed by atoms with van der Waals surface area (Å²) >= 11 is 0. The molecule has 1 atom stereocenters. The minimum absolute atomic E-state index is 0.0160. The van der Waals surface area contributed by atoms with Gasteiger partial charge in [-0.15, -0.1) is 0 Å². The lowest BCUT2D eigenvalue weighted by atomic mass is 9.98. The summed E-state index contributed by atoms with van der Waals surface area (Å²) in [6.07, 6.45) is -0.291. The summed E-state index contributed by atoms with van der Waals surface area (Å²) in [4.78, 5) is 36.2.